The molecule has 3 N–H and O–H groups in total. The molecule has 1 aromatic rings. The van der Waals surface area contributed by atoms with Gasteiger partial charge in [0.25, 0.3) is 0 Å². The summed E-state index contributed by atoms with van der Waals surface area (Å²) in [5.41, 5.74) is 8.01. The van der Waals surface area contributed by atoms with Crippen LogP contribution in [0.2, 0.25) is 0 Å². The zero-order chi connectivity index (χ0) is 29.2. The van der Waals surface area contributed by atoms with Crippen LogP contribution in [0.5, 0.6) is 5.75 Å². The highest BCUT2D eigenvalue weighted by molar-refractivity contribution is 5.78. The highest BCUT2D eigenvalue weighted by Crippen LogP contribution is 2.46. The summed E-state index contributed by atoms with van der Waals surface area (Å²) in [4.78, 5) is 40.5. The Labute approximate surface area is 246 Å². The molecule has 3 aliphatic rings. The van der Waals surface area contributed by atoms with Gasteiger partial charge in [0.05, 0.1) is 12.5 Å². The van der Waals surface area contributed by atoms with Crippen LogP contribution in [0.4, 0.5) is 0 Å². The van der Waals surface area contributed by atoms with Crippen LogP contribution in [0.3, 0.4) is 0 Å². The number of carboxylic acid groups (broad SMARTS) is 1. The van der Waals surface area contributed by atoms with Crippen LogP contribution >= 0.6 is 0 Å². The summed E-state index contributed by atoms with van der Waals surface area (Å²) < 4.78 is 5.75. The number of ketones is 1. The lowest BCUT2D eigenvalue weighted by molar-refractivity contribution is -0.145. The second-order valence-corrected chi connectivity index (χ2v) is 12.9. The average Bonchev–Trinajstić information content (AvgIpc) is 3.23. The predicted octanol–water partition coefficient (Wildman–Crippen LogP) is 6.12. The minimum atomic E-state index is -0.715. The monoisotopic (exact) mass is 568 g/mol. The number of nitrogens with zero attached hydrogens (tertiary/aromatic N) is 1. The number of benzene rings is 1. The van der Waals surface area contributed by atoms with Gasteiger partial charge in [-0.25, -0.2) is 0 Å². The SMILES string of the molecule is CCCCN(CCCN)C(=O)CC1CC[C@@H](CCC2CCCC(=O)CC2)[C@H](C(=O)O)[C@@H](c2ccc3c(c2)CCO3)C1. The fourth-order valence-corrected chi connectivity index (χ4v) is 7.57. The molecule has 2 aliphatic carbocycles. The molecule has 1 aromatic carbocycles. The number of hydrogen-bond donors (Lipinski definition) is 2. The van der Waals surface area contributed by atoms with Crippen LogP contribution in [-0.4, -0.2) is 53.9 Å². The Hall–Kier alpha value is -2.41. The topological polar surface area (TPSA) is 110 Å². The van der Waals surface area contributed by atoms with Crippen LogP contribution in [0.15, 0.2) is 18.2 Å². The van der Waals surface area contributed by atoms with E-state index in [4.69, 9.17) is 10.5 Å². The molecule has 0 spiro atoms. The Morgan fingerprint density at radius 3 is 2.63 bits per heavy atom. The summed E-state index contributed by atoms with van der Waals surface area (Å²) in [5, 5.41) is 10.7. The molecule has 7 nitrogen and oxygen atoms in total. The zero-order valence-electron chi connectivity index (χ0n) is 25.2. The number of unbranched alkanes of at least 4 members (excludes halogenated alkanes) is 1. The van der Waals surface area contributed by atoms with Crippen molar-refractivity contribution in [3.63, 3.8) is 0 Å². The van der Waals surface area contributed by atoms with Crippen molar-refractivity contribution in [3.8, 4) is 5.75 Å². The number of carboxylic acids is 1. The van der Waals surface area contributed by atoms with Crippen LogP contribution in [0.1, 0.15) is 114 Å². The molecule has 5 atom stereocenters. The molecule has 2 saturated carbocycles. The maximum absolute atomic E-state index is 13.5. The summed E-state index contributed by atoms with van der Waals surface area (Å²) in [5.74, 6) is 0.866. The maximum Gasteiger partial charge on any atom is 0.307 e. The van der Waals surface area contributed by atoms with Crippen LogP contribution in [0, 0.1) is 23.7 Å². The minimum absolute atomic E-state index is 0.0643. The lowest BCUT2D eigenvalue weighted by Crippen LogP contribution is -2.35. The fraction of sp³-hybridized carbons (Fsp3) is 0.735. The number of nitrogens with two attached hydrogens (primary N) is 1. The molecule has 2 fully saturated rings. The molecule has 1 heterocycles. The molecule has 7 heteroatoms. The van der Waals surface area contributed by atoms with Crippen molar-refractivity contribution in [3.05, 3.63) is 29.3 Å². The molecule has 0 aromatic heterocycles. The second kappa shape index (κ2) is 15.7. The van der Waals surface area contributed by atoms with Gasteiger partial charge in [0.2, 0.25) is 5.91 Å². The average molecular weight is 569 g/mol. The van der Waals surface area contributed by atoms with E-state index < -0.39 is 11.9 Å². The molecule has 2 unspecified atom stereocenters. The van der Waals surface area contributed by atoms with E-state index >= 15 is 0 Å². The lowest BCUT2D eigenvalue weighted by Gasteiger charge is -2.31. The number of amides is 1. The predicted molar refractivity (Wildman–Crippen MR) is 161 cm³/mol. The Morgan fingerprint density at radius 2 is 1.85 bits per heavy atom. The Morgan fingerprint density at radius 1 is 1.02 bits per heavy atom. The molecular weight excluding hydrogens is 516 g/mol. The third kappa shape index (κ3) is 8.79. The smallest absolute Gasteiger partial charge is 0.307 e. The van der Waals surface area contributed by atoms with Gasteiger partial charge < -0.3 is 20.5 Å². The van der Waals surface area contributed by atoms with Crippen molar-refractivity contribution in [2.24, 2.45) is 29.4 Å². The third-order valence-electron chi connectivity index (χ3n) is 9.98. The van der Waals surface area contributed by atoms with E-state index in [2.05, 4.69) is 19.1 Å². The molecule has 41 heavy (non-hydrogen) atoms. The number of Topliss-reactive ketones (excluding diaryl/α,β-unsaturated/α-hetero) is 1. The number of fused-ring (bicyclic) bond motifs is 1. The van der Waals surface area contributed by atoms with Gasteiger partial charge in [0.1, 0.15) is 11.5 Å². The van der Waals surface area contributed by atoms with E-state index in [9.17, 15) is 19.5 Å². The van der Waals surface area contributed by atoms with Crippen LogP contribution < -0.4 is 10.5 Å². The Bertz CT molecular complexity index is 1020. The van der Waals surface area contributed by atoms with Crippen molar-refractivity contribution in [1.29, 1.82) is 0 Å². The van der Waals surface area contributed by atoms with Gasteiger partial charge in [-0.3, -0.25) is 14.4 Å². The number of carbonyl (C=O) groups is 3. The highest BCUT2D eigenvalue weighted by Gasteiger charge is 2.41. The van der Waals surface area contributed by atoms with Crippen LogP contribution in [-0.2, 0) is 20.8 Å². The second-order valence-electron chi connectivity index (χ2n) is 12.9. The summed E-state index contributed by atoms with van der Waals surface area (Å²) in [6, 6.07) is 6.26. The van der Waals surface area contributed by atoms with Crippen molar-refractivity contribution >= 4 is 17.7 Å². The van der Waals surface area contributed by atoms with Gasteiger partial charge in [-0.2, -0.15) is 0 Å². The number of hydrogen-bond acceptors (Lipinski definition) is 5. The van der Waals surface area contributed by atoms with Gasteiger partial charge in [-0.05, 0) is 98.8 Å². The first-order chi connectivity index (χ1) is 19.9. The van der Waals surface area contributed by atoms with Gasteiger partial charge >= 0.3 is 5.97 Å². The van der Waals surface area contributed by atoms with Crippen molar-refractivity contribution < 1.29 is 24.2 Å². The van der Waals surface area contributed by atoms with E-state index in [0.29, 0.717) is 50.7 Å². The highest BCUT2D eigenvalue weighted by atomic mass is 16.5. The van der Waals surface area contributed by atoms with Crippen molar-refractivity contribution in [1.82, 2.24) is 4.90 Å². The van der Waals surface area contributed by atoms with Crippen molar-refractivity contribution in [2.75, 3.05) is 26.2 Å². The summed E-state index contributed by atoms with van der Waals surface area (Å²) in [6.07, 6.45) is 12.8. The van der Waals surface area contributed by atoms with Crippen molar-refractivity contribution in [2.45, 2.75) is 109 Å². The fourth-order valence-electron chi connectivity index (χ4n) is 7.57. The van der Waals surface area contributed by atoms with E-state index in [1.54, 1.807) is 0 Å². The summed E-state index contributed by atoms with van der Waals surface area (Å²) >= 11 is 0. The first-order valence-corrected chi connectivity index (χ1v) is 16.4. The first-order valence-electron chi connectivity index (χ1n) is 16.4. The lowest BCUT2D eigenvalue weighted by atomic mass is 9.73. The van der Waals surface area contributed by atoms with Gasteiger partial charge in [-0.1, -0.05) is 38.3 Å². The number of ether oxygens (including phenoxy) is 1. The number of carbonyl (C=O) groups excluding carboxylic acids is 2. The molecule has 228 valence electrons. The van der Waals surface area contributed by atoms with E-state index in [1.165, 1.54) is 0 Å². The van der Waals surface area contributed by atoms with E-state index in [1.807, 2.05) is 11.0 Å². The van der Waals surface area contributed by atoms with Crippen LogP contribution in [0.25, 0.3) is 0 Å². The normalized spacial score (nSPS) is 26.5. The molecular formula is C34H52N2O5. The minimum Gasteiger partial charge on any atom is -0.493 e. The molecule has 0 saturated heterocycles. The summed E-state index contributed by atoms with van der Waals surface area (Å²) in [7, 11) is 0. The standard InChI is InChI=1S/C34H52N2O5/c1-2-3-18-36(19-5-17-35)32(38)22-25-9-12-26(11-8-24-6-4-7-29(37)14-10-24)33(34(39)40)30(21-25)27-13-15-31-28(23-27)16-20-41-31/h13,15,23-26,30,33H,2-12,14,16-22,35H2,1H3,(H,39,40)/t24?,25?,26-,30-,33+/m1/s1. The van der Waals surface area contributed by atoms with Gasteiger partial charge in [0, 0.05) is 38.8 Å². The molecule has 4 rings (SSSR count). The Balaban J connectivity index is 1.55. The molecule has 0 radical (unpaired) electrons. The largest absolute Gasteiger partial charge is 0.493 e. The number of rotatable bonds is 13. The maximum atomic E-state index is 13.5. The number of aliphatic carboxylic acids is 1. The Kier molecular flexibility index (Phi) is 12.1. The van der Waals surface area contributed by atoms with Gasteiger partial charge in [-0.15, -0.1) is 0 Å². The van der Waals surface area contributed by atoms with E-state index in [0.717, 1.165) is 100 Å². The van der Waals surface area contributed by atoms with E-state index in [-0.39, 0.29) is 23.7 Å². The third-order valence-corrected chi connectivity index (χ3v) is 9.98. The quantitative estimate of drug-likeness (QED) is 0.278. The molecule has 1 amide bonds. The molecule has 1 aliphatic heterocycles. The summed E-state index contributed by atoms with van der Waals surface area (Å²) in [6.45, 7) is 4.84. The zero-order valence-corrected chi connectivity index (χ0v) is 25.2. The first kappa shape index (κ1) is 31.5. The van der Waals surface area contributed by atoms with Gasteiger partial charge in [0.15, 0.2) is 0 Å². The molecule has 0 bridgehead atoms.